The van der Waals surface area contributed by atoms with Crippen LogP contribution in [0.1, 0.15) is 17.2 Å². The van der Waals surface area contributed by atoms with Gasteiger partial charge in [0.25, 0.3) is 0 Å². The lowest BCUT2D eigenvalue weighted by molar-refractivity contribution is 0.218. The number of aliphatic hydroxyl groups is 1. The standard InChI is InChI=1S/C13H8BrClF2O/c14-11-8(5-6-10(16)12(11)17)13(18)7-3-1-2-4-9(7)15/h1-6,13,18H. The Kier molecular flexibility index (Phi) is 4.00. The van der Waals surface area contributed by atoms with Gasteiger partial charge in [-0.1, -0.05) is 35.9 Å². The van der Waals surface area contributed by atoms with Crippen LogP contribution >= 0.6 is 27.5 Å². The third-order valence-electron chi connectivity index (χ3n) is 2.56. The Hall–Kier alpha value is -0.970. The van der Waals surface area contributed by atoms with E-state index in [0.29, 0.717) is 10.6 Å². The SMILES string of the molecule is OC(c1ccccc1Cl)c1ccc(F)c(F)c1Br. The zero-order valence-electron chi connectivity index (χ0n) is 9.00. The lowest BCUT2D eigenvalue weighted by atomic mass is 10.0. The van der Waals surface area contributed by atoms with Crippen molar-refractivity contribution in [2.45, 2.75) is 6.10 Å². The molecule has 2 aromatic rings. The van der Waals surface area contributed by atoms with Gasteiger partial charge in [-0.15, -0.1) is 0 Å². The van der Waals surface area contributed by atoms with Gasteiger partial charge in [0.2, 0.25) is 0 Å². The van der Waals surface area contributed by atoms with E-state index in [1.165, 1.54) is 6.07 Å². The Morgan fingerprint density at radius 3 is 2.39 bits per heavy atom. The molecule has 0 heterocycles. The summed E-state index contributed by atoms with van der Waals surface area (Å²) >= 11 is 8.88. The summed E-state index contributed by atoms with van der Waals surface area (Å²) in [6.07, 6.45) is -1.12. The number of aliphatic hydroxyl groups excluding tert-OH is 1. The third kappa shape index (κ3) is 2.41. The summed E-state index contributed by atoms with van der Waals surface area (Å²) in [7, 11) is 0. The predicted molar refractivity (Wildman–Crippen MR) is 69.6 cm³/mol. The Balaban J connectivity index is 2.50. The van der Waals surface area contributed by atoms with E-state index < -0.39 is 17.7 Å². The quantitative estimate of drug-likeness (QED) is 0.804. The van der Waals surface area contributed by atoms with Crippen molar-refractivity contribution in [3.8, 4) is 0 Å². The van der Waals surface area contributed by atoms with Crippen LogP contribution in [0, 0.1) is 11.6 Å². The Labute approximate surface area is 116 Å². The Morgan fingerprint density at radius 2 is 1.72 bits per heavy atom. The largest absolute Gasteiger partial charge is 0.384 e. The fourth-order valence-corrected chi connectivity index (χ4v) is 2.39. The van der Waals surface area contributed by atoms with E-state index in [1.54, 1.807) is 24.3 Å². The first-order chi connectivity index (χ1) is 8.52. The van der Waals surface area contributed by atoms with Crippen molar-refractivity contribution in [3.63, 3.8) is 0 Å². The second kappa shape index (κ2) is 5.34. The summed E-state index contributed by atoms with van der Waals surface area (Å²) in [6, 6.07) is 8.96. The molecule has 5 heteroatoms. The van der Waals surface area contributed by atoms with Gasteiger partial charge in [0, 0.05) is 16.1 Å². The average Bonchev–Trinajstić information content (AvgIpc) is 2.36. The molecule has 18 heavy (non-hydrogen) atoms. The molecule has 1 nitrogen and oxygen atoms in total. The lowest BCUT2D eigenvalue weighted by Gasteiger charge is -2.15. The van der Waals surface area contributed by atoms with Gasteiger partial charge in [-0.25, -0.2) is 8.78 Å². The summed E-state index contributed by atoms with van der Waals surface area (Å²) < 4.78 is 26.3. The molecule has 0 aliphatic heterocycles. The first-order valence-corrected chi connectivity index (χ1v) is 6.25. The smallest absolute Gasteiger partial charge is 0.173 e. The summed E-state index contributed by atoms with van der Waals surface area (Å²) in [5.74, 6) is -2.00. The zero-order chi connectivity index (χ0) is 13.3. The van der Waals surface area contributed by atoms with Gasteiger partial charge in [-0.3, -0.25) is 0 Å². The first kappa shape index (κ1) is 13.5. The van der Waals surface area contributed by atoms with Gasteiger partial charge in [0.1, 0.15) is 6.10 Å². The summed E-state index contributed by atoms with van der Waals surface area (Å²) in [5, 5.41) is 10.5. The second-order valence-electron chi connectivity index (χ2n) is 3.69. The molecule has 0 aromatic heterocycles. The highest BCUT2D eigenvalue weighted by Crippen LogP contribution is 2.34. The number of halogens is 4. The van der Waals surface area contributed by atoms with Crippen molar-refractivity contribution in [2.75, 3.05) is 0 Å². The molecular weight excluding hydrogens is 325 g/mol. The van der Waals surface area contributed by atoms with E-state index in [0.717, 1.165) is 6.07 Å². The van der Waals surface area contributed by atoms with Crippen molar-refractivity contribution in [2.24, 2.45) is 0 Å². The van der Waals surface area contributed by atoms with Crippen molar-refractivity contribution < 1.29 is 13.9 Å². The Bertz CT molecular complexity index is 589. The minimum atomic E-state index is -1.12. The highest BCUT2D eigenvalue weighted by molar-refractivity contribution is 9.10. The lowest BCUT2D eigenvalue weighted by Crippen LogP contribution is -2.03. The molecule has 0 spiro atoms. The van der Waals surface area contributed by atoms with Gasteiger partial charge >= 0.3 is 0 Å². The maximum absolute atomic E-state index is 13.4. The molecule has 0 aliphatic carbocycles. The van der Waals surface area contributed by atoms with Crippen molar-refractivity contribution >= 4 is 27.5 Å². The van der Waals surface area contributed by atoms with E-state index in [1.807, 2.05) is 0 Å². The molecule has 1 atom stereocenters. The van der Waals surface area contributed by atoms with E-state index in [2.05, 4.69) is 15.9 Å². The van der Waals surface area contributed by atoms with Crippen LogP contribution in [0.25, 0.3) is 0 Å². The van der Waals surface area contributed by atoms with Crippen molar-refractivity contribution in [1.29, 1.82) is 0 Å². The zero-order valence-corrected chi connectivity index (χ0v) is 11.3. The van der Waals surface area contributed by atoms with Gasteiger partial charge in [-0.05, 0) is 28.1 Å². The van der Waals surface area contributed by atoms with Gasteiger partial charge in [0.15, 0.2) is 11.6 Å². The fraction of sp³-hybridized carbons (Fsp3) is 0.0769. The third-order valence-corrected chi connectivity index (χ3v) is 3.71. The molecule has 0 aliphatic rings. The van der Waals surface area contributed by atoms with Gasteiger partial charge in [-0.2, -0.15) is 0 Å². The first-order valence-electron chi connectivity index (χ1n) is 5.08. The summed E-state index contributed by atoms with van der Waals surface area (Å²) in [5.41, 5.74) is 0.660. The highest BCUT2D eigenvalue weighted by atomic mass is 79.9. The number of rotatable bonds is 2. The molecule has 2 rings (SSSR count). The molecule has 1 unspecified atom stereocenters. The van der Waals surface area contributed by atoms with Crippen LogP contribution in [0.2, 0.25) is 5.02 Å². The van der Waals surface area contributed by atoms with Gasteiger partial charge in [0.05, 0.1) is 4.47 Å². The minimum absolute atomic E-state index is 0.102. The van der Waals surface area contributed by atoms with E-state index in [-0.39, 0.29) is 10.0 Å². The van der Waals surface area contributed by atoms with Crippen LogP contribution in [0.3, 0.4) is 0 Å². The number of hydrogen-bond donors (Lipinski definition) is 1. The van der Waals surface area contributed by atoms with Crippen LogP contribution in [-0.2, 0) is 0 Å². The van der Waals surface area contributed by atoms with Gasteiger partial charge < -0.3 is 5.11 Å². The van der Waals surface area contributed by atoms with Crippen LogP contribution in [0.5, 0.6) is 0 Å². The van der Waals surface area contributed by atoms with Crippen molar-refractivity contribution in [1.82, 2.24) is 0 Å². The number of benzene rings is 2. The maximum atomic E-state index is 13.4. The molecular formula is C13H8BrClF2O. The number of hydrogen-bond acceptors (Lipinski definition) is 1. The fourth-order valence-electron chi connectivity index (χ4n) is 1.62. The van der Waals surface area contributed by atoms with E-state index >= 15 is 0 Å². The van der Waals surface area contributed by atoms with Crippen LogP contribution in [0.4, 0.5) is 8.78 Å². The average molecular weight is 334 g/mol. The summed E-state index contributed by atoms with van der Waals surface area (Å²) in [4.78, 5) is 0. The van der Waals surface area contributed by atoms with Crippen molar-refractivity contribution in [3.05, 3.63) is 68.7 Å². The monoisotopic (exact) mass is 332 g/mol. The predicted octanol–water partition coefficient (Wildman–Crippen LogP) is 4.46. The molecule has 0 saturated carbocycles. The molecule has 0 radical (unpaired) electrons. The van der Waals surface area contributed by atoms with Crippen LogP contribution in [-0.4, -0.2) is 5.11 Å². The molecule has 0 amide bonds. The minimum Gasteiger partial charge on any atom is -0.384 e. The van der Waals surface area contributed by atoms with Crippen LogP contribution < -0.4 is 0 Å². The summed E-state index contributed by atoms with van der Waals surface area (Å²) in [6.45, 7) is 0. The second-order valence-corrected chi connectivity index (χ2v) is 4.89. The normalized spacial score (nSPS) is 12.5. The maximum Gasteiger partial charge on any atom is 0.173 e. The topological polar surface area (TPSA) is 20.2 Å². The molecule has 0 saturated heterocycles. The molecule has 2 aromatic carbocycles. The molecule has 0 bridgehead atoms. The Morgan fingerprint density at radius 1 is 1.06 bits per heavy atom. The molecule has 0 fully saturated rings. The van der Waals surface area contributed by atoms with Crippen LogP contribution in [0.15, 0.2) is 40.9 Å². The molecule has 1 N–H and O–H groups in total. The molecule has 94 valence electrons. The van der Waals surface area contributed by atoms with E-state index in [4.69, 9.17) is 11.6 Å². The van der Waals surface area contributed by atoms with E-state index in [9.17, 15) is 13.9 Å². The highest BCUT2D eigenvalue weighted by Gasteiger charge is 2.20.